The molecule has 3 aromatic rings. The Balaban J connectivity index is 0.956. The van der Waals surface area contributed by atoms with Gasteiger partial charge >= 0.3 is 6.03 Å². The van der Waals surface area contributed by atoms with Crippen LogP contribution in [0.15, 0.2) is 48.7 Å². The van der Waals surface area contributed by atoms with Gasteiger partial charge in [-0.1, -0.05) is 23.8 Å². The molecule has 2 aromatic carbocycles. The predicted molar refractivity (Wildman–Crippen MR) is 211 cm³/mol. The standard InChI is InChI=1S/C39H51F2N9O7S/c40-28-10-6-11-29(41)37(28)57-23-32(51)30(12-3-4-16-42)45-38(54)25-8-5-9-27(20-25)50-22-26(48-49-50)21-44-35(53)15-7-18-56-19-17-43-34(52)14-2-1-13-33-36-31(24-58-33)46-39(55)47-36/h5-6,8-11,20,22,30-31,33,36H,1-4,7,12-19,21,23-24,42H2,(H,43,52)(H,44,53)(H,45,54)(H2,46,47,55)/t30-,31-,33-,36-/m0/s1. The molecule has 0 bridgehead atoms. The Morgan fingerprint density at radius 3 is 2.55 bits per heavy atom. The maximum Gasteiger partial charge on any atom is 0.315 e. The number of amides is 5. The number of nitrogens with one attached hydrogen (secondary N) is 5. The van der Waals surface area contributed by atoms with E-state index in [1.807, 2.05) is 11.8 Å². The molecule has 0 radical (unpaired) electrons. The van der Waals surface area contributed by atoms with Crippen LogP contribution in [0.2, 0.25) is 0 Å². The summed E-state index contributed by atoms with van der Waals surface area (Å²) in [5.74, 6) is -2.96. The predicted octanol–water partition coefficient (Wildman–Crippen LogP) is 2.68. The Morgan fingerprint density at radius 1 is 0.966 bits per heavy atom. The number of nitrogens with zero attached hydrogens (tertiary/aromatic N) is 3. The quantitative estimate of drug-likeness (QED) is 0.0539. The first kappa shape index (κ1) is 44.0. The van der Waals surface area contributed by atoms with Crippen molar-refractivity contribution in [1.82, 2.24) is 41.6 Å². The van der Waals surface area contributed by atoms with Crippen molar-refractivity contribution in [3.05, 3.63) is 71.6 Å². The molecule has 2 saturated heterocycles. The Hall–Kier alpha value is -5.14. The third-order valence-electron chi connectivity index (χ3n) is 9.64. The van der Waals surface area contributed by atoms with Gasteiger partial charge in [-0.05, 0) is 75.4 Å². The van der Waals surface area contributed by atoms with Gasteiger partial charge in [0.1, 0.15) is 12.3 Å². The molecule has 314 valence electrons. The van der Waals surface area contributed by atoms with Crippen LogP contribution >= 0.6 is 11.8 Å². The summed E-state index contributed by atoms with van der Waals surface area (Å²) in [4.78, 5) is 62.4. The van der Waals surface area contributed by atoms with Crippen molar-refractivity contribution in [2.75, 3.05) is 38.7 Å². The maximum atomic E-state index is 14.0. The van der Waals surface area contributed by atoms with Crippen LogP contribution in [-0.2, 0) is 25.7 Å². The number of thioether (sulfide) groups is 1. The lowest BCUT2D eigenvalue weighted by Crippen LogP contribution is -2.43. The lowest BCUT2D eigenvalue weighted by atomic mass is 10.0. The molecule has 16 nitrogen and oxygen atoms in total. The topological polar surface area (TPSA) is 221 Å². The van der Waals surface area contributed by atoms with E-state index in [2.05, 4.69) is 36.9 Å². The Kier molecular flexibility index (Phi) is 17.2. The highest BCUT2D eigenvalue weighted by Crippen LogP contribution is 2.33. The third-order valence-corrected chi connectivity index (χ3v) is 11.1. The monoisotopic (exact) mass is 827 g/mol. The number of aromatic nitrogens is 3. The highest BCUT2D eigenvalue weighted by Gasteiger charge is 2.42. The second kappa shape index (κ2) is 22.7. The molecule has 2 fully saturated rings. The smallest absolute Gasteiger partial charge is 0.315 e. The first-order chi connectivity index (χ1) is 28.1. The molecule has 4 atom stereocenters. The summed E-state index contributed by atoms with van der Waals surface area (Å²) in [7, 11) is 0. The van der Waals surface area contributed by atoms with Crippen LogP contribution in [0.5, 0.6) is 5.75 Å². The van der Waals surface area contributed by atoms with Gasteiger partial charge < -0.3 is 41.8 Å². The number of ketones is 1. The van der Waals surface area contributed by atoms with E-state index in [0.29, 0.717) is 68.6 Å². The molecule has 0 spiro atoms. The molecule has 0 unspecified atom stereocenters. The van der Waals surface area contributed by atoms with Gasteiger partial charge in [0, 0.05) is 42.6 Å². The number of rotatable bonds is 25. The number of nitrogens with two attached hydrogens (primary N) is 1. The number of carbonyl (C=O) groups excluding carboxylic acids is 5. The fourth-order valence-corrected chi connectivity index (χ4v) is 8.09. The fourth-order valence-electron chi connectivity index (χ4n) is 6.55. The average Bonchev–Trinajstić information content (AvgIpc) is 3.94. The fraction of sp³-hybridized carbons (Fsp3) is 0.513. The van der Waals surface area contributed by atoms with Crippen molar-refractivity contribution >= 4 is 41.3 Å². The Morgan fingerprint density at radius 2 is 1.74 bits per heavy atom. The number of benzene rings is 2. The van der Waals surface area contributed by atoms with Crippen LogP contribution in [0.1, 0.15) is 73.8 Å². The molecule has 2 aliphatic heterocycles. The summed E-state index contributed by atoms with van der Waals surface area (Å²) < 4.78 is 40.2. The van der Waals surface area contributed by atoms with Crippen LogP contribution in [0.25, 0.3) is 5.69 Å². The van der Waals surface area contributed by atoms with E-state index >= 15 is 0 Å². The average molecular weight is 828 g/mol. The summed E-state index contributed by atoms with van der Waals surface area (Å²) in [6, 6.07) is 9.00. The first-order valence-electron chi connectivity index (χ1n) is 19.5. The lowest BCUT2D eigenvalue weighted by Gasteiger charge is -2.18. The molecular formula is C39H51F2N9O7S. The molecule has 0 aliphatic carbocycles. The molecule has 3 heterocycles. The largest absolute Gasteiger partial charge is 0.480 e. The number of halogens is 2. The van der Waals surface area contributed by atoms with Crippen molar-refractivity contribution in [2.24, 2.45) is 5.73 Å². The van der Waals surface area contributed by atoms with Gasteiger partial charge in [-0.15, -0.1) is 5.10 Å². The number of Topliss-reactive ketones (excluding diaryl/α,β-unsaturated/α-hetero) is 1. The lowest BCUT2D eigenvalue weighted by molar-refractivity contribution is -0.123. The molecule has 0 saturated carbocycles. The number of fused-ring (bicyclic) bond motifs is 1. The van der Waals surface area contributed by atoms with E-state index in [4.69, 9.17) is 15.2 Å². The number of unbranched alkanes of at least 4 members (excludes halogenated alkanes) is 2. The third kappa shape index (κ3) is 13.5. The number of hydrogen-bond acceptors (Lipinski definition) is 11. The maximum absolute atomic E-state index is 14.0. The molecule has 2 aliphatic rings. The number of para-hydroxylation sites is 1. The summed E-state index contributed by atoms with van der Waals surface area (Å²) in [5.41, 5.74) is 6.82. The molecule has 5 rings (SSSR count). The summed E-state index contributed by atoms with van der Waals surface area (Å²) >= 11 is 1.87. The van der Waals surface area contributed by atoms with E-state index in [-0.39, 0.29) is 54.9 Å². The number of carbonyl (C=O) groups is 5. The van der Waals surface area contributed by atoms with Gasteiger partial charge in [0.15, 0.2) is 23.2 Å². The van der Waals surface area contributed by atoms with E-state index in [9.17, 15) is 32.8 Å². The molecule has 19 heteroatoms. The van der Waals surface area contributed by atoms with Gasteiger partial charge in [-0.3, -0.25) is 19.2 Å². The zero-order chi connectivity index (χ0) is 41.3. The Bertz CT molecular complexity index is 1850. The molecular weight excluding hydrogens is 777 g/mol. The van der Waals surface area contributed by atoms with Gasteiger partial charge in [0.25, 0.3) is 5.91 Å². The first-order valence-corrected chi connectivity index (χ1v) is 20.6. The minimum Gasteiger partial charge on any atom is -0.480 e. The normalized spacial score (nSPS) is 17.5. The highest BCUT2D eigenvalue weighted by atomic mass is 32.2. The zero-order valence-electron chi connectivity index (χ0n) is 32.2. The molecule has 7 N–H and O–H groups in total. The van der Waals surface area contributed by atoms with Crippen LogP contribution < -0.4 is 37.1 Å². The van der Waals surface area contributed by atoms with Crippen molar-refractivity contribution in [1.29, 1.82) is 0 Å². The second-order valence-corrected chi connectivity index (χ2v) is 15.3. The van der Waals surface area contributed by atoms with Crippen molar-refractivity contribution in [3.63, 3.8) is 0 Å². The van der Waals surface area contributed by atoms with Gasteiger partial charge in [-0.25, -0.2) is 18.3 Å². The summed E-state index contributed by atoms with van der Waals surface area (Å²) in [6.07, 6.45) is 6.84. The van der Waals surface area contributed by atoms with Crippen molar-refractivity contribution in [2.45, 2.75) is 87.7 Å². The van der Waals surface area contributed by atoms with Crippen molar-refractivity contribution in [3.8, 4) is 11.4 Å². The number of hydrogen-bond donors (Lipinski definition) is 6. The second-order valence-electron chi connectivity index (χ2n) is 14.0. The zero-order valence-corrected chi connectivity index (χ0v) is 33.0. The molecule has 5 amide bonds. The van der Waals surface area contributed by atoms with Gasteiger partial charge in [-0.2, -0.15) is 11.8 Å². The van der Waals surface area contributed by atoms with Crippen LogP contribution in [-0.4, -0.2) is 107 Å². The van der Waals surface area contributed by atoms with Crippen LogP contribution in [0, 0.1) is 11.6 Å². The summed E-state index contributed by atoms with van der Waals surface area (Å²) in [5, 5.41) is 22.9. The van der Waals surface area contributed by atoms with Crippen molar-refractivity contribution < 1.29 is 42.2 Å². The van der Waals surface area contributed by atoms with Gasteiger partial charge in [0.2, 0.25) is 11.8 Å². The van der Waals surface area contributed by atoms with E-state index < -0.39 is 41.7 Å². The minimum absolute atomic E-state index is 0.0241. The molecule has 58 heavy (non-hydrogen) atoms. The van der Waals surface area contributed by atoms with Gasteiger partial charge in [0.05, 0.1) is 43.2 Å². The number of ether oxygens (including phenoxy) is 2. The minimum atomic E-state index is -0.988. The molecule has 1 aromatic heterocycles. The van der Waals surface area contributed by atoms with Crippen LogP contribution in [0.4, 0.5) is 13.6 Å². The van der Waals surface area contributed by atoms with E-state index in [0.717, 1.165) is 37.1 Å². The van der Waals surface area contributed by atoms with E-state index in [1.165, 1.54) is 10.7 Å². The van der Waals surface area contributed by atoms with E-state index in [1.54, 1.807) is 30.5 Å². The number of urea groups is 1. The van der Waals surface area contributed by atoms with Crippen LogP contribution in [0.3, 0.4) is 0 Å². The Labute approximate surface area is 339 Å². The highest BCUT2D eigenvalue weighted by molar-refractivity contribution is 8.00. The SMILES string of the molecule is NCCCC[C@H](NC(=O)c1cccc(-n2cc(CNC(=O)CCCOCCNC(=O)CCCC[C@@H]3SC[C@@H]4NC(=O)N[C@@H]43)nn2)c1)C(=O)COc1c(F)cccc1F. The summed E-state index contributed by atoms with van der Waals surface area (Å²) in [6.45, 7) is 0.967.